The Kier molecular flexibility index (Phi) is 5.66. The number of para-hydroxylation sites is 3. The van der Waals surface area contributed by atoms with Gasteiger partial charge in [-0.05, 0) is 48.9 Å². The summed E-state index contributed by atoms with van der Waals surface area (Å²) in [5.41, 5.74) is 2.30. The lowest BCUT2D eigenvalue weighted by Crippen LogP contribution is -2.40. The van der Waals surface area contributed by atoms with Crippen LogP contribution >= 0.6 is 0 Å². The monoisotopic (exact) mass is 402 g/mol. The Hall–Kier alpha value is -3.80. The molecule has 0 fully saturated rings. The van der Waals surface area contributed by atoms with Crippen molar-refractivity contribution in [2.24, 2.45) is 0 Å². The molecule has 1 aliphatic heterocycles. The van der Waals surface area contributed by atoms with Gasteiger partial charge in [-0.1, -0.05) is 36.4 Å². The van der Waals surface area contributed by atoms with Crippen molar-refractivity contribution in [1.29, 1.82) is 0 Å². The summed E-state index contributed by atoms with van der Waals surface area (Å²) in [6.45, 7) is 2.20. The maximum atomic E-state index is 12.6. The fraction of sp³-hybridized carbons (Fsp3) is 0.167. The Bertz CT molecular complexity index is 1070. The number of rotatable bonds is 6. The summed E-state index contributed by atoms with van der Waals surface area (Å²) < 4.78 is 11.4. The molecule has 0 radical (unpaired) electrons. The van der Waals surface area contributed by atoms with Gasteiger partial charge in [0.25, 0.3) is 5.91 Å². The molecule has 0 spiro atoms. The van der Waals surface area contributed by atoms with Crippen molar-refractivity contribution in [3.63, 3.8) is 0 Å². The number of anilines is 2. The zero-order chi connectivity index (χ0) is 20.9. The number of aryl methyl sites for hydroxylation is 1. The van der Waals surface area contributed by atoms with Crippen molar-refractivity contribution < 1.29 is 19.1 Å². The Labute approximate surface area is 175 Å². The molecule has 152 valence electrons. The molecule has 0 saturated heterocycles. The van der Waals surface area contributed by atoms with Gasteiger partial charge in [-0.25, -0.2) is 0 Å². The van der Waals surface area contributed by atoms with E-state index >= 15 is 0 Å². The third-order valence-electron chi connectivity index (χ3n) is 4.75. The Balaban J connectivity index is 1.43. The zero-order valence-electron chi connectivity index (χ0n) is 16.6. The van der Waals surface area contributed by atoms with Crippen molar-refractivity contribution in [2.75, 3.05) is 23.4 Å². The molecule has 2 amide bonds. The molecule has 0 bridgehead atoms. The predicted octanol–water partition coefficient (Wildman–Crippen LogP) is 4.54. The first-order valence-electron chi connectivity index (χ1n) is 9.76. The fourth-order valence-corrected chi connectivity index (χ4v) is 3.26. The Morgan fingerprint density at radius 2 is 1.83 bits per heavy atom. The maximum absolute atomic E-state index is 12.6. The minimum Gasteiger partial charge on any atom is -0.482 e. The summed E-state index contributed by atoms with van der Waals surface area (Å²) in [5, 5.41) is 2.89. The smallest absolute Gasteiger partial charge is 0.265 e. The molecule has 3 aromatic carbocycles. The van der Waals surface area contributed by atoms with Gasteiger partial charge in [-0.2, -0.15) is 0 Å². The number of hydrogen-bond donors (Lipinski definition) is 1. The average Bonchev–Trinajstić information content (AvgIpc) is 2.75. The SMILES string of the molecule is Cc1ccc2c(c1)N(CCC(=O)Nc1ccccc1Oc1ccccc1)C(=O)CO2. The highest BCUT2D eigenvalue weighted by atomic mass is 16.5. The van der Waals surface area contributed by atoms with Gasteiger partial charge in [0, 0.05) is 13.0 Å². The minimum atomic E-state index is -0.201. The molecule has 0 aromatic heterocycles. The molecule has 0 unspecified atom stereocenters. The van der Waals surface area contributed by atoms with Gasteiger partial charge >= 0.3 is 0 Å². The standard InChI is InChI=1S/C24H22N2O4/c1-17-11-12-22-20(15-17)26(24(28)16-29-22)14-13-23(27)25-19-9-5-6-10-21(19)30-18-7-3-2-4-8-18/h2-12,15H,13-14,16H2,1H3,(H,25,27). The molecule has 1 N–H and O–H groups in total. The van der Waals surface area contributed by atoms with E-state index in [9.17, 15) is 9.59 Å². The molecule has 1 heterocycles. The van der Waals surface area contributed by atoms with Crippen LogP contribution in [0.15, 0.2) is 72.8 Å². The van der Waals surface area contributed by atoms with Gasteiger partial charge in [-0.15, -0.1) is 0 Å². The molecular formula is C24H22N2O4. The molecule has 0 atom stereocenters. The molecule has 6 nitrogen and oxygen atoms in total. The van der Waals surface area contributed by atoms with Gasteiger partial charge < -0.3 is 19.7 Å². The molecule has 3 aromatic rings. The topological polar surface area (TPSA) is 67.9 Å². The van der Waals surface area contributed by atoms with Crippen LogP contribution in [-0.2, 0) is 9.59 Å². The second-order valence-corrected chi connectivity index (χ2v) is 7.01. The number of ether oxygens (including phenoxy) is 2. The van der Waals surface area contributed by atoms with Crippen molar-refractivity contribution in [2.45, 2.75) is 13.3 Å². The lowest BCUT2D eigenvalue weighted by atomic mass is 10.1. The summed E-state index contributed by atoms with van der Waals surface area (Å²) in [4.78, 5) is 26.6. The van der Waals surface area contributed by atoms with Crippen LogP contribution in [0.2, 0.25) is 0 Å². The fourth-order valence-electron chi connectivity index (χ4n) is 3.26. The first kappa shape index (κ1) is 19.5. The van der Waals surface area contributed by atoms with E-state index in [4.69, 9.17) is 9.47 Å². The minimum absolute atomic E-state index is 0.0224. The van der Waals surface area contributed by atoms with Gasteiger partial charge in [0.1, 0.15) is 11.5 Å². The summed E-state index contributed by atoms with van der Waals surface area (Å²) in [6.07, 6.45) is 0.152. The van der Waals surface area contributed by atoms with Gasteiger partial charge in [0.2, 0.25) is 5.91 Å². The van der Waals surface area contributed by atoms with E-state index in [1.54, 1.807) is 17.0 Å². The van der Waals surface area contributed by atoms with E-state index in [1.807, 2.05) is 67.6 Å². The van der Waals surface area contributed by atoms with Gasteiger partial charge in [-0.3, -0.25) is 9.59 Å². The van der Waals surface area contributed by atoms with Crippen molar-refractivity contribution in [3.8, 4) is 17.2 Å². The van der Waals surface area contributed by atoms with Crippen LogP contribution in [0, 0.1) is 6.92 Å². The Morgan fingerprint density at radius 1 is 1.07 bits per heavy atom. The number of nitrogens with one attached hydrogen (secondary N) is 1. The van der Waals surface area contributed by atoms with Crippen LogP contribution in [0.3, 0.4) is 0 Å². The first-order chi connectivity index (χ1) is 14.6. The molecule has 30 heavy (non-hydrogen) atoms. The zero-order valence-corrected chi connectivity index (χ0v) is 16.6. The highest BCUT2D eigenvalue weighted by molar-refractivity contribution is 5.99. The maximum Gasteiger partial charge on any atom is 0.265 e. The summed E-state index contributed by atoms with van der Waals surface area (Å²) in [7, 11) is 0. The van der Waals surface area contributed by atoms with E-state index in [2.05, 4.69) is 5.32 Å². The van der Waals surface area contributed by atoms with Gasteiger partial charge in [0.15, 0.2) is 12.4 Å². The quantitative estimate of drug-likeness (QED) is 0.657. The second kappa shape index (κ2) is 8.69. The summed E-state index contributed by atoms with van der Waals surface area (Å²) in [6, 6.07) is 22.3. The molecule has 6 heteroatoms. The van der Waals surface area contributed by atoms with Crippen molar-refractivity contribution in [1.82, 2.24) is 0 Å². The van der Waals surface area contributed by atoms with Crippen LogP contribution in [-0.4, -0.2) is 25.0 Å². The number of hydrogen-bond acceptors (Lipinski definition) is 4. The average molecular weight is 402 g/mol. The number of amides is 2. The van der Waals surface area contributed by atoms with Crippen LogP contribution in [0.5, 0.6) is 17.2 Å². The highest BCUT2D eigenvalue weighted by Crippen LogP contribution is 2.33. The molecular weight excluding hydrogens is 380 g/mol. The van der Waals surface area contributed by atoms with Crippen molar-refractivity contribution >= 4 is 23.2 Å². The number of fused-ring (bicyclic) bond motifs is 1. The number of carbonyl (C=O) groups is 2. The number of carbonyl (C=O) groups excluding carboxylic acids is 2. The van der Waals surface area contributed by atoms with E-state index in [1.165, 1.54) is 0 Å². The van der Waals surface area contributed by atoms with Gasteiger partial charge in [0.05, 0.1) is 11.4 Å². The number of benzene rings is 3. The molecule has 4 rings (SSSR count). The summed E-state index contributed by atoms with van der Waals surface area (Å²) in [5.74, 6) is 1.54. The largest absolute Gasteiger partial charge is 0.482 e. The third kappa shape index (κ3) is 4.43. The second-order valence-electron chi connectivity index (χ2n) is 7.01. The highest BCUT2D eigenvalue weighted by Gasteiger charge is 2.26. The molecule has 1 aliphatic rings. The third-order valence-corrected chi connectivity index (χ3v) is 4.75. The van der Waals surface area contributed by atoms with Crippen LogP contribution in [0.1, 0.15) is 12.0 Å². The Morgan fingerprint density at radius 3 is 2.67 bits per heavy atom. The van der Waals surface area contributed by atoms with E-state index in [0.717, 1.165) is 5.56 Å². The van der Waals surface area contributed by atoms with Crippen LogP contribution < -0.4 is 19.7 Å². The first-order valence-corrected chi connectivity index (χ1v) is 9.76. The van der Waals surface area contributed by atoms with Crippen LogP contribution in [0.4, 0.5) is 11.4 Å². The normalized spacial score (nSPS) is 12.7. The van der Waals surface area contributed by atoms with E-state index in [-0.39, 0.29) is 31.4 Å². The van der Waals surface area contributed by atoms with Crippen molar-refractivity contribution in [3.05, 3.63) is 78.4 Å². The van der Waals surface area contributed by atoms with Crippen LogP contribution in [0.25, 0.3) is 0 Å². The molecule has 0 saturated carbocycles. The lowest BCUT2D eigenvalue weighted by Gasteiger charge is -2.29. The number of nitrogens with zero attached hydrogens (tertiary/aromatic N) is 1. The predicted molar refractivity (Wildman–Crippen MR) is 115 cm³/mol. The molecule has 0 aliphatic carbocycles. The lowest BCUT2D eigenvalue weighted by molar-refractivity contribution is -0.121. The van der Waals surface area contributed by atoms with E-state index < -0.39 is 0 Å². The summed E-state index contributed by atoms with van der Waals surface area (Å²) >= 11 is 0. The van der Waals surface area contributed by atoms with E-state index in [0.29, 0.717) is 28.6 Å².